The normalized spacial score (nSPS) is 12.2. The molecular formula is C8H15N3O3S. The summed E-state index contributed by atoms with van der Waals surface area (Å²) in [7, 11) is -0.318. The molecule has 7 heteroatoms. The van der Waals surface area contributed by atoms with Crippen molar-refractivity contribution in [2.75, 3.05) is 20.6 Å². The maximum Gasteiger partial charge on any atom is 0.278 e. The lowest BCUT2D eigenvalue weighted by Crippen LogP contribution is -2.36. The van der Waals surface area contributed by atoms with Gasteiger partial charge in [-0.1, -0.05) is 5.16 Å². The van der Waals surface area contributed by atoms with E-state index in [0.717, 1.165) is 16.3 Å². The van der Waals surface area contributed by atoms with E-state index in [-0.39, 0.29) is 0 Å². The maximum atomic E-state index is 11.3. The summed E-state index contributed by atoms with van der Waals surface area (Å²) < 4.78 is 30.8. The average molecular weight is 233 g/mol. The van der Waals surface area contributed by atoms with Crippen LogP contribution < -0.4 is 4.72 Å². The van der Waals surface area contributed by atoms with Gasteiger partial charge in [-0.2, -0.15) is 12.7 Å². The first-order valence-electron chi connectivity index (χ1n) is 4.58. The SMILES string of the molecule is CN(C)S(=O)(=O)NCCCc1cnoc1. The quantitative estimate of drug-likeness (QED) is 0.702. The Kier molecular flexibility index (Phi) is 4.25. The lowest BCUT2D eigenvalue weighted by Gasteiger charge is -2.11. The van der Waals surface area contributed by atoms with Gasteiger partial charge in [0, 0.05) is 26.2 Å². The molecule has 1 aromatic rings. The third-order valence-electron chi connectivity index (χ3n) is 1.89. The molecule has 1 heterocycles. The van der Waals surface area contributed by atoms with Crippen molar-refractivity contribution in [3.63, 3.8) is 0 Å². The van der Waals surface area contributed by atoms with Crippen molar-refractivity contribution in [2.45, 2.75) is 12.8 Å². The van der Waals surface area contributed by atoms with Crippen LogP contribution in [-0.4, -0.2) is 38.5 Å². The van der Waals surface area contributed by atoms with Gasteiger partial charge in [0.25, 0.3) is 10.2 Å². The molecule has 0 aromatic carbocycles. The minimum Gasteiger partial charge on any atom is -0.364 e. The molecule has 15 heavy (non-hydrogen) atoms. The number of aromatic nitrogens is 1. The lowest BCUT2D eigenvalue weighted by atomic mass is 10.2. The Bertz CT molecular complexity index is 372. The second kappa shape index (κ2) is 5.24. The van der Waals surface area contributed by atoms with Gasteiger partial charge in [-0.05, 0) is 12.8 Å². The summed E-state index contributed by atoms with van der Waals surface area (Å²) in [5.41, 5.74) is 0.971. The van der Waals surface area contributed by atoms with Crippen molar-refractivity contribution in [2.24, 2.45) is 0 Å². The number of hydrogen-bond donors (Lipinski definition) is 1. The first-order valence-corrected chi connectivity index (χ1v) is 6.02. The van der Waals surface area contributed by atoms with Gasteiger partial charge in [0.1, 0.15) is 6.26 Å². The van der Waals surface area contributed by atoms with Crippen LogP contribution in [0.15, 0.2) is 17.0 Å². The zero-order chi connectivity index (χ0) is 11.3. The first kappa shape index (κ1) is 12.2. The molecule has 6 nitrogen and oxygen atoms in total. The third-order valence-corrected chi connectivity index (χ3v) is 3.42. The standard InChI is InChI=1S/C8H15N3O3S/c1-11(2)15(12,13)10-5-3-4-8-6-9-14-7-8/h6-7,10H,3-5H2,1-2H3. The van der Waals surface area contributed by atoms with Crippen molar-refractivity contribution < 1.29 is 12.9 Å². The smallest absolute Gasteiger partial charge is 0.278 e. The van der Waals surface area contributed by atoms with Gasteiger partial charge in [0.05, 0.1) is 6.20 Å². The van der Waals surface area contributed by atoms with E-state index in [4.69, 9.17) is 0 Å². The van der Waals surface area contributed by atoms with E-state index < -0.39 is 10.2 Å². The van der Waals surface area contributed by atoms with Crippen LogP contribution in [-0.2, 0) is 16.6 Å². The zero-order valence-corrected chi connectivity index (χ0v) is 9.62. The first-order chi connectivity index (χ1) is 7.02. The molecule has 0 amide bonds. The number of nitrogens with zero attached hydrogens (tertiary/aromatic N) is 2. The number of nitrogens with one attached hydrogen (secondary N) is 1. The van der Waals surface area contributed by atoms with Gasteiger partial charge in [-0.15, -0.1) is 0 Å². The van der Waals surface area contributed by atoms with E-state index in [1.54, 1.807) is 12.5 Å². The minimum atomic E-state index is -3.29. The number of rotatable bonds is 6. The molecule has 1 N–H and O–H groups in total. The molecule has 86 valence electrons. The Balaban J connectivity index is 2.23. The van der Waals surface area contributed by atoms with Crippen LogP contribution in [0.25, 0.3) is 0 Å². The average Bonchev–Trinajstić information content (AvgIpc) is 2.64. The zero-order valence-electron chi connectivity index (χ0n) is 8.80. The molecule has 0 aliphatic carbocycles. The molecular weight excluding hydrogens is 218 g/mol. The number of hydrogen-bond acceptors (Lipinski definition) is 4. The van der Waals surface area contributed by atoms with E-state index in [1.807, 2.05) is 0 Å². The molecule has 0 aliphatic rings. The molecule has 1 rings (SSSR count). The predicted octanol–water partition coefficient (Wildman–Crippen LogP) is 0.00320. The Morgan fingerprint density at radius 1 is 1.53 bits per heavy atom. The Morgan fingerprint density at radius 3 is 2.80 bits per heavy atom. The molecule has 0 unspecified atom stereocenters. The van der Waals surface area contributed by atoms with Gasteiger partial charge >= 0.3 is 0 Å². The van der Waals surface area contributed by atoms with E-state index in [2.05, 4.69) is 14.4 Å². The summed E-state index contributed by atoms with van der Waals surface area (Å²) in [6.45, 7) is 0.408. The molecule has 1 aromatic heterocycles. The fourth-order valence-electron chi connectivity index (χ4n) is 0.973. The minimum absolute atomic E-state index is 0.408. The second-order valence-electron chi connectivity index (χ2n) is 3.32. The summed E-state index contributed by atoms with van der Waals surface area (Å²) in [6.07, 6.45) is 4.65. The summed E-state index contributed by atoms with van der Waals surface area (Å²) in [5, 5.41) is 3.56. The van der Waals surface area contributed by atoms with Crippen molar-refractivity contribution in [1.29, 1.82) is 0 Å². The number of aryl methyl sites for hydroxylation is 1. The van der Waals surface area contributed by atoms with E-state index in [1.165, 1.54) is 14.1 Å². The molecule has 0 saturated carbocycles. The largest absolute Gasteiger partial charge is 0.364 e. The molecule has 0 spiro atoms. The van der Waals surface area contributed by atoms with Crippen LogP contribution in [0.1, 0.15) is 12.0 Å². The Labute approximate surface area is 89.4 Å². The third kappa shape index (κ3) is 3.98. The molecule has 0 atom stereocenters. The summed E-state index contributed by atoms with van der Waals surface area (Å²) in [6, 6.07) is 0. The fraction of sp³-hybridized carbons (Fsp3) is 0.625. The van der Waals surface area contributed by atoms with Crippen LogP contribution in [0.3, 0.4) is 0 Å². The van der Waals surface area contributed by atoms with Gasteiger partial charge < -0.3 is 4.52 Å². The predicted molar refractivity (Wildman–Crippen MR) is 55.4 cm³/mol. The highest BCUT2D eigenvalue weighted by Crippen LogP contribution is 2.00. The van der Waals surface area contributed by atoms with Crippen molar-refractivity contribution >= 4 is 10.2 Å². The highest BCUT2D eigenvalue weighted by Gasteiger charge is 2.11. The molecule has 0 radical (unpaired) electrons. The van der Waals surface area contributed by atoms with Crippen LogP contribution in [0, 0.1) is 0 Å². The lowest BCUT2D eigenvalue weighted by molar-refractivity contribution is 0.418. The summed E-state index contributed by atoms with van der Waals surface area (Å²) >= 11 is 0. The van der Waals surface area contributed by atoms with Crippen LogP contribution >= 0.6 is 0 Å². The molecule has 0 bridgehead atoms. The van der Waals surface area contributed by atoms with Gasteiger partial charge in [-0.25, -0.2) is 4.72 Å². The van der Waals surface area contributed by atoms with E-state index in [0.29, 0.717) is 13.0 Å². The van der Waals surface area contributed by atoms with Crippen LogP contribution in [0.4, 0.5) is 0 Å². The molecule has 0 fully saturated rings. The van der Waals surface area contributed by atoms with E-state index >= 15 is 0 Å². The summed E-state index contributed by atoms with van der Waals surface area (Å²) in [5.74, 6) is 0. The van der Waals surface area contributed by atoms with Gasteiger partial charge in [0.2, 0.25) is 0 Å². The highest BCUT2D eigenvalue weighted by molar-refractivity contribution is 7.87. The maximum absolute atomic E-state index is 11.3. The van der Waals surface area contributed by atoms with Crippen molar-refractivity contribution in [1.82, 2.24) is 14.2 Å². The van der Waals surface area contributed by atoms with Gasteiger partial charge in [-0.3, -0.25) is 0 Å². The van der Waals surface area contributed by atoms with Crippen molar-refractivity contribution in [3.05, 3.63) is 18.0 Å². The molecule has 0 aliphatic heterocycles. The summed E-state index contributed by atoms with van der Waals surface area (Å²) in [4.78, 5) is 0. The fourth-order valence-corrected chi connectivity index (χ4v) is 1.63. The Hall–Kier alpha value is -0.920. The second-order valence-corrected chi connectivity index (χ2v) is 5.29. The Morgan fingerprint density at radius 2 is 2.27 bits per heavy atom. The van der Waals surface area contributed by atoms with E-state index in [9.17, 15) is 8.42 Å². The monoisotopic (exact) mass is 233 g/mol. The highest BCUT2D eigenvalue weighted by atomic mass is 32.2. The molecule has 0 saturated heterocycles. The van der Waals surface area contributed by atoms with Crippen molar-refractivity contribution in [3.8, 4) is 0 Å². The van der Waals surface area contributed by atoms with Crippen LogP contribution in [0.5, 0.6) is 0 Å². The topological polar surface area (TPSA) is 75.4 Å². The van der Waals surface area contributed by atoms with Gasteiger partial charge in [0.15, 0.2) is 0 Å². The van der Waals surface area contributed by atoms with Crippen LogP contribution in [0.2, 0.25) is 0 Å².